The van der Waals surface area contributed by atoms with Crippen LogP contribution >= 0.6 is 23.8 Å². The summed E-state index contributed by atoms with van der Waals surface area (Å²) in [5, 5.41) is 11.9. The molecule has 0 unspecified atom stereocenters. The highest BCUT2D eigenvalue weighted by atomic mass is 79.9. The second-order valence-electron chi connectivity index (χ2n) is 8.16. The highest BCUT2D eigenvalue weighted by Crippen LogP contribution is 2.61. The van der Waals surface area contributed by atoms with E-state index in [1.54, 1.807) is 48.5 Å². The minimum absolute atomic E-state index is 0.170. The number of fused-ring (bicyclic) bond motifs is 1. The summed E-state index contributed by atoms with van der Waals surface area (Å²) in [6.45, 7) is -0.502. The monoisotopic (exact) mass is 574 g/mol. The predicted octanol–water partition coefficient (Wildman–Crippen LogP) is 5.67. The van der Waals surface area contributed by atoms with Crippen LogP contribution in [0.2, 0.25) is 0 Å². The Kier molecular flexibility index (Phi) is 7.73. The van der Waals surface area contributed by atoms with Gasteiger partial charge >= 0.3 is 7.82 Å². The molecule has 0 aliphatic carbocycles. The molecule has 3 aromatic carbocycles. The molecule has 188 valence electrons. The van der Waals surface area contributed by atoms with Gasteiger partial charge in [-0.2, -0.15) is 0 Å². The molecular weight excluding hydrogens is 551 g/mol. The van der Waals surface area contributed by atoms with Crippen LogP contribution in [0.5, 0.6) is 0 Å². The van der Waals surface area contributed by atoms with Gasteiger partial charge in [-0.3, -0.25) is 28.5 Å². The molecule has 1 aliphatic rings. The largest absolute Gasteiger partial charge is 0.475 e. The van der Waals surface area contributed by atoms with Crippen molar-refractivity contribution in [2.24, 2.45) is 0 Å². The molecule has 9 nitrogen and oxygen atoms in total. The molecule has 0 radical (unpaired) electrons. The van der Waals surface area contributed by atoms with Crippen LogP contribution in [0.15, 0.2) is 83.3 Å². The first-order chi connectivity index (χ1) is 17.2. The van der Waals surface area contributed by atoms with Gasteiger partial charge in [-0.25, -0.2) is 4.57 Å². The van der Waals surface area contributed by atoms with Gasteiger partial charge in [-0.05, 0) is 29.3 Å². The average Bonchev–Trinajstić information content (AvgIpc) is 3.10. The second kappa shape index (κ2) is 10.6. The van der Waals surface area contributed by atoms with Gasteiger partial charge in [-0.1, -0.05) is 76.6 Å². The van der Waals surface area contributed by atoms with Gasteiger partial charge in [0, 0.05) is 29.2 Å². The van der Waals surface area contributed by atoms with Gasteiger partial charge in [0.2, 0.25) is 6.54 Å². The molecule has 0 spiro atoms. The fourth-order valence-corrected chi connectivity index (χ4v) is 5.82. The molecule has 4 rings (SSSR count). The van der Waals surface area contributed by atoms with E-state index >= 15 is 0 Å². The molecule has 0 aromatic heterocycles. The van der Waals surface area contributed by atoms with Crippen molar-refractivity contribution in [1.29, 1.82) is 0 Å². The normalized spacial score (nSPS) is 18.2. The van der Waals surface area contributed by atoms with Crippen molar-refractivity contribution >= 4 is 35.3 Å². The Balaban J connectivity index is 2.00. The van der Waals surface area contributed by atoms with Crippen molar-refractivity contribution in [3.63, 3.8) is 0 Å². The number of amides is 1. The van der Waals surface area contributed by atoms with E-state index < -0.39 is 36.7 Å². The zero-order chi connectivity index (χ0) is 25.9. The number of nitro groups is 1. The molecule has 3 aromatic rings. The summed E-state index contributed by atoms with van der Waals surface area (Å²) >= 11 is 3.44. The quantitative estimate of drug-likeness (QED) is 0.174. The maximum absolute atomic E-state index is 14.4. The van der Waals surface area contributed by atoms with Crippen LogP contribution < -0.4 is 4.90 Å². The summed E-state index contributed by atoms with van der Waals surface area (Å²) in [5.41, 5.74) is 0.0265. The van der Waals surface area contributed by atoms with E-state index in [1.807, 2.05) is 30.3 Å². The van der Waals surface area contributed by atoms with Crippen LogP contribution in [-0.2, 0) is 35.1 Å². The van der Waals surface area contributed by atoms with Crippen LogP contribution in [0.25, 0.3) is 0 Å². The summed E-state index contributed by atoms with van der Waals surface area (Å²) < 4.78 is 30.2. The maximum atomic E-state index is 14.4. The molecule has 36 heavy (non-hydrogen) atoms. The highest BCUT2D eigenvalue weighted by molar-refractivity contribution is 9.10. The number of carbonyl (C=O) groups is 1. The van der Waals surface area contributed by atoms with Crippen LogP contribution in [0.1, 0.15) is 22.6 Å². The molecule has 0 N–H and O–H groups in total. The maximum Gasteiger partial charge on any atom is 0.475 e. The van der Waals surface area contributed by atoms with Crippen LogP contribution in [0, 0.1) is 10.1 Å². The molecule has 0 bridgehead atoms. The third-order valence-corrected chi connectivity index (χ3v) is 8.02. The van der Waals surface area contributed by atoms with Gasteiger partial charge in [-0.15, -0.1) is 0 Å². The van der Waals surface area contributed by atoms with Crippen molar-refractivity contribution in [3.8, 4) is 0 Å². The number of benzene rings is 3. The summed E-state index contributed by atoms with van der Waals surface area (Å²) in [6, 6.07) is 23.0. The van der Waals surface area contributed by atoms with Crippen molar-refractivity contribution in [3.05, 3.63) is 110 Å². The summed E-state index contributed by atoms with van der Waals surface area (Å²) in [4.78, 5) is 27.3. The number of phosphoric ester groups is 1. The molecule has 0 fully saturated rings. The molecule has 1 heterocycles. The van der Waals surface area contributed by atoms with E-state index in [0.717, 1.165) is 19.8 Å². The van der Waals surface area contributed by atoms with Crippen LogP contribution in [0.3, 0.4) is 0 Å². The Bertz CT molecular complexity index is 1300. The Morgan fingerprint density at radius 2 is 1.64 bits per heavy atom. The standard InChI is InChI=1S/C25H24BrN2O7P/c1-33-36(32,34-2)35-25(22(17-28(30)31)19-11-7-4-8-12-19)21-15-20(26)13-14-23(21)27(24(25)29)16-18-9-5-3-6-10-18/h3-15,22H,16-17H2,1-2H3/t22-,25-/m0/s1. The van der Waals surface area contributed by atoms with Gasteiger partial charge in [0.25, 0.3) is 5.91 Å². The molecule has 11 heteroatoms. The number of carbonyl (C=O) groups excluding carboxylic acids is 1. The highest BCUT2D eigenvalue weighted by Gasteiger charge is 2.62. The Morgan fingerprint density at radius 3 is 2.22 bits per heavy atom. The lowest BCUT2D eigenvalue weighted by molar-refractivity contribution is -0.486. The van der Waals surface area contributed by atoms with E-state index in [9.17, 15) is 19.5 Å². The first kappa shape index (κ1) is 26.2. The minimum atomic E-state index is -4.32. The summed E-state index contributed by atoms with van der Waals surface area (Å²) in [6.07, 6.45) is 0. The first-order valence-corrected chi connectivity index (χ1v) is 13.2. The molecule has 0 saturated heterocycles. The number of halogens is 1. The summed E-state index contributed by atoms with van der Waals surface area (Å²) in [5.74, 6) is -1.77. The number of hydrogen-bond acceptors (Lipinski definition) is 7. The predicted molar refractivity (Wildman–Crippen MR) is 137 cm³/mol. The lowest BCUT2D eigenvalue weighted by Gasteiger charge is -2.36. The Hall–Kier alpha value is -2.88. The minimum Gasteiger partial charge on any atom is -0.305 e. The molecule has 0 saturated carbocycles. The van der Waals surface area contributed by atoms with Gasteiger partial charge in [0.1, 0.15) is 0 Å². The van der Waals surface area contributed by atoms with Crippen LogP contribution in [-0.4, -0.2) is 31.6 Å². The van der Waals surface area contributed by atoms with E-state index in [0.29, 0.717) is 21.3 Å². The lowest BCUT2D eigenvalue weighted by Crippen LogP contribution is -2.48. The van der Waals surface area contributed by atoms with Crippen molar-refractivity contribution in [1.82, 2.24) is 0 Å². The van der Waals surface area contributed by atoms with Gasteiger partial charge in [0.05, 0.1) is 18.2 Å². The smallest absolute Gasteiger partial charge is 0.305 e. The number of hydrogen-bond donors (Lipinski definition) is 0. The third kappa shape index (κ3) is 4.87. The first-order valence-electron chi connectivity index (χ1n) is 11.0. The average molecular weight is 575 g/mol. The van der Waals surface area contributed by atoms with Crippen molar-refractivity contribution in [2.45, 2.75) is 18.1 Å². The van der Waals surface area contributed by atoms with Crippen molar-refractivity contribution in [2.75, 3.05) is 25.7 Å². The SMILES string of the molecule is COP(=O)(OC)O[C@@]1([C@@H](C[N+](=O)[O-])c2ccccc2)C(=O)N(Cc2ccccc2)c2ccc(Br)cc21. The Labute approximate surface area is 216 Å². The van der Waals surface area contributed by atoms with E-state index in [1.165, 1.54) is 4.90 Å². The Morgan fingerprint density at radius 1 is 1.03 bits per heavy atom. The van der Waals surface area contributed by atoms with E-state index in [2.05, 4.69) is 15.9 Å². The molecule has 2 atom stereocenters. The molecular formula is C25H24BrN2O7P. The fraction of sp³-hybridized carbons (Fsp3) is 0.240. The van der Waals surface area contributed by atoms with Gasteiger partial charge in [0.15, 0.2) is 5.60 Å². The fourth-order valence-electron chi connectivity index (χ4n) is 4.51. The van der Waals surface area contributed by atoms with Gasteiger partial charge < -0.3 is 4.90 Å². The van der Waals surface area contributed by atoms with Crippen molar-refractivity contribution < 1.29 is 27.9 Å². The molecule has 1 aliphatic heterocycles. The lowest BCUT2D eigenvalue weighted by atomic mass is 9.78. The summed E-state index contributed by atoms with van der Waals surface area (Å²) in [7, 11) is -2.05. The zero-order valence-electron chi connectivity index (χ0n) is 19.6. The third-order valence-electron chi connectivity index (χ3n) is 6.12. The van der Waals surface area contributed by atoms with E-state index in [-0.39, 0.29) is 6.54 Å². The second-order valence-corrected chi connectivity index (χ2v) is 10.9. The topological polar surface area (TPSA) is 108 Å². The zero-order valence-corrected chi connectivity index (χ0v) is 22.1. The number of nitrogens with zero attached hydrogens (tertiary/aromatic N) is 2. The number of rotatable bonds is 10. The number of anilines is 1. The van der Waals surface area contributed by atoms with Crippen LogP contribution in [0.4, 0.5) is 5.69 Å². The molecule has 1 amide bonds. The van der Waals surface area contributed by atoms with E-state index in [4.69, 9.17) is 13.6 Å². The number of phosphoric acid groups is 1.